The van der Waals surface area contributed by atoms with E-state index in [2.05, 4.69) is 29.7 Å². The van der Waals surface area contributed by atoms with Crippen LogP contribution in [0.25, 0.3) is 5.53 Å². The molecule has 0 aliphatic heterocycles. The predicted molar refractivity (Wildman–Crippen MR) is 38.3 cm³/mol. The zero-order valence-corrected chi connectivity index (χ0v) is 5.82. The van der Waals surface area contributed by atoms with Crippen LogP contribution in [0.5, 0.6) is 0 Å². The first-order valence-electron chi connectivity index (χ1n) is 2.09. The molecule has 11 heavy (non-hydrogen) atoms. The van der Waals surface area contributed by atoms with Crippen LogP contribution < -0.4 is 4.16 Å². The molecule has 0 radical (unpaired) electrons. The van der Waals surface area contributed by atoms with Crippen LogP contribution in [0, 0.1) is 0 Å². The molecule has 0 amide bonds. The molecule has 0 aromatic carbocycles. The molecule has 0 fully saturated rings. The molecule has 0 aliphatic carbocycles. The fourth-order valence-corrected chi connectivity index (χ4v) is 0.256. The Morgan fingerprint density at radius 2 is 2.00 bits per heavy atom. The van der Waals surface area contributed by atoms with Gasteiger partial charge in [-0.05, 0) is 0 Å². The summed E-state index contributed by atoms with van der Waals surface area (Å²) in [6.07, 6.45) is 1.13. The lowest BCUT2D eigenvalue weighted by Gasteiger charge is -1.55. The number of hydrogen-bond acceptors (Lipinski definition) is 5. The first-order chi connectivity index (χ1) is 5.41. The highest BCUT2D eigenvalue weighted by Gasteiger charge is 1.57. The van der Waals surface area contributed by atoms with Crippen molar-refractivity contribution in [2.45, 2.75) is 0 Å². The molecule has 0 aromatic heterocycles. The van der Waals surface area contributed by atoms with Gasteiger partial charge in [-0.2, -0.15) is 0 Å². The van der Waals surface area contributed by atoms with Crippen molar-refractivity contribution in [1.29, 1.82) is 0 Å². The monoisotopic (exact) mass is 168 g/mol. The first-order valence-corrected chi connectivity index (χ1v) is 2.86. The molecular weight excluding hydrogens is 168 g/mol. The molecule has 0 heterocycles. The summed E-state index contributed by atoms with van der Waals surface area (Å²) in [5, 5.41) is 14.0. The van der Waals surface area contributed by atoms with Gasteiger partial charge in [-0.15, -0.1) is 0 Å². The van der Waals surface area contributed by atoms with Crippen molar-refractivity contribution in [2.24, 2.45) is 20.4 Å². The topological polar surface area (TPSA) is 103 Å². The Hall–Kier alpha value is -1.93. The minimum atomic E-state index is 0.552. The summed E-state index contributed by atoms with van der Waals surface area (Å²) in [4.78, 5) is 9.37. The van der Waals surface area contributed by atoms with Crippen LogP contribution in [0.3, 0.4) is 0 Å². The number of rotatable bonds is 2. The lowest BCUT2D eigenvalue weighted by Crippen LogP contribution is -1.54. The molecule has 0 N–H and O–H groups in total. The van der Waals surface area contributed by atoms with E-state index in [9.17, 15) is 4.79 Å². The minimum Gasteiger partial charge on any atom is -0.341 e. The molecule has 0 spiro atoms. The maximum absolute atomic E-state index is 9.37. The van der Waals surface area contributed by atoms with E-state index in [4.69, 9.17) is 5.53 Å². The molecule has 8 heteroatoms. The van der Waals surface area contributed by atoms with E-state index in [-0.39, 0.29) is 0 Å². The summed E-state index contributed by atoms with van der Waals surface area (Å²) < 4.78 is 2.58. The van der Waals surface area contributed by atoms with E-state index in [1.165, 1.54) is 0 Å². The Balaban J connectivity index is 4.28. The van der Waals surface area contributed by atoms with Crippen LogP contribution >= 0.6 is 0 Å². The predicted octanol–water partition coefficient (Wildman–Crippen LogP) is -0.414. The molecule has 0 rings (SSSR count). The van der Waals surface area contributed by atoms with Gasteiger partial charge in [0.25, 0.3) is 6.08 Å². The van der Waals surface area contributed by atoms with Crippen molar-refractivity contribution in [2.75, 3.05) is 0 Å². The van der Waals surface area contributed by atoms with E-state index in [0.717, 1.165) is 6.08 Å². The van der Waals surface area contributed by atoms with Crippen molar-refractivity contribution in [1.82, 2.24) is 4.16 Å². The van der Waals surface area contributed by atoms with Crippen LogP contribution in [0.15, 0.2) is 20.4 Å². The van der Waals surface area contributed by atoms with Crippen molar-refractivity contribution in [3.8, 4) is 0 Å². The van der Waals surface area contributed by atoms with Gasteiger partial charge in [0.1, 0.15) is 6.01 Å². The quantitative estimate of drug-likeness (QED) is 0.137. The SMILES string of the molecule is [N-]=[N+]=S=C=NN=C=NN=C=O. The van der Waals surface area contributed by atoms with Crippen molar-refractivity contribution >= 4 is 28.4 Å². The maximum Gasteiger partial charge on any atom is 0.333 e. The minimum absolute atomic E-state index is 0.552. The average Bonchev–Trinajstić information content (AvgIpc) is 2.03. The molecule has 0 aliphatic rings. The zero-order chi connectivity index (χ0) is 8.36. The van der Waals surface area contributed by atoms with E-state index in [1.807, 2.05) is 6.01 Å². The van der Waals surface area contributed by atoms with Crippen molar-refractivity contribution < 1.29 is 4.79 Å². The average molecular weight is 168 g/mol. The Morgan fingerprint density at radius 3 is 2.64 bits per heavy atom. The summed E-state index contributed by atoms with van der Waals surface area (Å²) in [6.45, 7) is 0. The second-order valence-electron chi connectivity index (χ2n) is 0.856. The molecule has 0 unspecified atom stereocenters. The Bertz CT molecular complexity index is 342. The third-order valence-corrected chi connectivity index (χ3v) is 0.598. The van der Waals surface area contributed by atoms with Gasteiger partial charge in [-0.3, -0.25) is 0 Å². The normalized spacial score (nSPS) is 5.45. The first kappa shape index (κ1) is 9.07. The van der Waals surface area contributed by atoms with Crippen molar-refractivity contribution in [3.05, 3.63) is 5.53 Å². The molecular formula is C3N6OS. The summed E-state index contributed by atoms with van der Waals surface area (Å²) in [7, 11) is 0. The van der Waals surface area contributed by atoms with Gasteiger partial charge < -0.3 is 5.53 Å². The molecule has 0 saturated heterocycles. The van der Waals surface area contributed by atoms with Gasteiger partial charge in [0.2, 0.25) is 0 Å². The van der Waals surface area contributed by atoms with E-state index < -0.39 is 0 Å². The van der Waals surface area contributed by atoms with E-state index in [1.54, 1.807) is 0 Å². The van der Waals surface area contributed by atoms with Crippen LogP contribution in [-0.2, 0) is 15.9 Å². The second kappa shape index (κ2) is 8.07. The number of carbonyl (C=O) groups excluding carboxylic acids is 1. The van der Waals surface area contributed by atoms with E-state index >= 15 is 0 Å². The van der Waals surface area contributed by atoms with Gasteiger partial charge in [-0.1, -0.05) is 24.6 Å². The Labute approximate surface area is 64.1 Å². The highest BCUT2D eigenvalue weighted by molar-refractivity contribution is 7.65. The third kappa shape index (κ3) is 8.07. The third-order valence-electron chi connectivity index (χ3n) is 0.353. The zero-order valence-electron chi connectivity index (χ0n) is 5.00. The van der Waals surface area contributed by atoms with Gasteiger partial charge in [0.05, 0.1) is 0 Å². The highest BCUT2D eigenvalue weighted by atomic mass is 32.1. The molecule has 0 atom stereocenters. The number of isothiocyanates is 1. The summed E-state index contributed by atoms with van der Waals surface area (Å²) >= 11 is 0.552. The smallest absolute Gasteiger partial charge is 0.333 e. The number of nitrogens with zero attached hydrogens (tertiary/aromatic N) is 6. The molecule has 0 saturated carbocycles. The second-order valence-corrected chi connectivity index (χ2v) is 1.38. The van der Waals surface area contributed by atoms with E-state index in [0.29, 0.717) is 11.1 Å². The fourth-order valence-electron chi connectivity index (χ4n) is 0.142. The number of hydrogen-bond donors (Lipinski definition) is 0. The van der Waals surface area contributed by atoms with Crippen LogP contribution in [0.4, 0.5) is 0 Å². The lowest BCUT2D eigenvalue weighted by molar-refractivity contribution is 0.563. The number of isocyanates is 1. The Kier molecular flexibility index (Phi) is 6.65. The van der Waals surface area contributed by atoms with Gasteiger partial charge >= 0.3 is 11.1 Å². The largest absolute Gasteiger partial charge is 0.341 e. The molecule has 0 bridgehead atoms. The fraction of sp³-hybridized carbons (Fsp3) is 0. The summed E-state index contributed by atoms with van der Waals surface area (Å²) in [5.74, 6) is 0. The van der Waals surface area contributed by atoms with Gasteiger partial charge in [0.15, 0.2) is 5.16 Å². The van der Waals surface area contributed by atoms with Crippen LogP contribution in [0.2, 0.25) is 0 Å². The molecule has 7 nitrogen and oxygen atoms in total. The van der Waals surface area contributed by atoms with Crippen LogP contribution in [-0.4, -0.2) is 17.2 Å². The molecule has 54 valence electrons. The maximum atomic E-state index is 9.37. The lowest BCUT2D eigenvalue weighted by atomic mass is 11.5. The molecule has 0 aromatic rings. The van der Waals surface area contributed by atoms with Gasteiger partial charge in [0, 0.05) is 0 Å². The van der Waals surface area contributed by atoms with Crippen molar-refractivity contribution in [3.63, 3.8) is 0 Å². The van der Waals surface area contributed by atoms with Crippen LogP contribution in [0.1, 0.15) is 0 Å². The highest BCUT2D eigenvalue weighted by Crippen LogP contribution is 1.62. The summed E-state index contributed by atoms with van der Waals surface area (Å²) in [6, 6.07) is 1.90. The summed E-state index contributed by atoms with van der Waals surface area (Å²) in [5.41, 5.74) is 7.82. The standard InChI is InChI=1S/C3N6OS/c4-9-11-3-8-6-1-5-7-2-10. The Morgan fingerprint density at radius 1 is 1.27 bits per heavy atom. The van der Waals surface area contributed by atoms with Gasteiger partial charge in [-0.25, -0.2) is 4.79 Å².